The van der Waals surface area contributed by atoms with Crippen molar-refractivity contribution in [3.63, 3.8) is 0 Å². The van der Waals surface area contributed by atoms with Crippen LogP contribution in [0.1, 0.15) is 23.0 Å². The summed E-state index contributed by atoms with van der Waals surface area (Å²) >= 11 is 0. The van der Waals surface area contributed by atoms with Crippen LogP contribution in [0.4, 0.5) is 10.5 Å². The fourth-order valence-electron chi connectivity index (χ4n) is 1.49. The van der Waals surface area contributed by atoms with Gasteiger partial charge in [0.2, 0.25) is 0 Å². The van der Waals surface area contributed by atoms with Crippen molar-refractivity contribution in [3.8, 4) is 0 Å². The van der Waals surface area contributed by atoms with E-state index >= 15 is 0 Å². The molecule has 1 heterocycles. The second kappa shape index (κ2) is 5.81. The van der Waals surface area contributed by atoms with E-state index in [2.05, 4.69) is 20.3 Å². The van der Waals surface area contributed by atoms with Gasteiger partial charge in [0, 0.05) is 17.3 Å². The van der Waals surface area contributed by atoms with Gasteiger partial charge in [-0.05, 0) is 19.1 Å². The molecule has 0 fully saturated rings. The molecule has 1 aromatic carbocycles. The molecule has 0 radical (unpaired) electrons. The lowest BCUT2D eigenvalue weighted by Crippen LogP contribution is -2.28. The van der Waals surface area contributed by atoms with Gasteiger partial charge in [-0.3, -0.25) is 4.79 Å². The van der Waals surface area contributed by atoms with Crippen molar-refractivity contribution < 1.29 is 14.1 Å². The summed E-state index contributed by atoms with van der Waals surface area (Å²) in [4.78, 5) is 22.8. The maximum Gasteiger partial charge on any atom is 0.319 e. The molecular formula is C13H13N3O3. The third kappa shape index (κ3) is 3.67. The van der Waals surface area contributed by atoms with E-state index in [4.69, 9.17) is 0 Å². The standard InChI is InChI=1S/C13H13N3O3/c1-9(17)10-3-2-4-11(7-10)15-13(18)14-8-12-5-6-19-16-12/h2-7H,8H2,1H3,(H2,14,15,18). The maximum atomic E-state index is 11.6. The molecule has 2 rings (SSSR count). The van der Waals surface area contributed by atoms with Crippen LogP contribution < -0.4 is 10.6 Å². The Morgan fingerprint density at radius 2 is 2.16 bits per heavy atom. The van der Waals surface area contributed by atoms with E-state index in [9.17, 15) is 9.59 Å². The number of carbonyl (C=O) groups is 2. The normalized spacial score (nSPS) is 9.95. The number of hydrogen-bond acceptors (Lipinski definition) is 4. The summed E-state index contributed by atoms with van der Waals surface area (Å²) < 4.78 is 4.65. The smallest absolute Gasteiger partial charge is 0.319 e. The molecule has 0 saturated carbocycles. The van der Waals surface area contributed by atoms with E-state index < -0.39 is 0 Å². The van der Waals surface area contributed by atoms with Crippen molar-refractivity contribution in [2.75, 3.05) is 5.32 Å². The van der Waals surface area contributed by atoms with Gasteiger partial charge in [0.25, 0.3) is 0 Å². The Morgan fingerprint density at radius 3 is 2.84 bits per heavy atom. The lowest BCUT2D eigenvalue weighted by molar-refractivity contribution is 0.101. The number of carbonyl (C=O) groups excluding carboxylic acids is 2. The fourth-order valence-corrected chi connectivity index (χ4v) is 1.49. The maximum absolute atomic E-state index is 11.6. The van der Waals surface area contributed by atoms with E-state index in [-0.39, 0.29) is 18.4 Å². The minimum atomic E-state index is -0.372. The van der Waals surface area contributed by atoms with Crippen molar-refractivity contribution in [1.29, 1.82) is 0 Å². The minimum absolute atomic E-state index is 0.0494. The molecule has 6 nitrogen and oxygen atoms in total. The molecule has 0 saturated heterocycles. The second-order valence-corrected chi connectivity index (χ2v) is 3.94. The Bertz CT molecular complexity index is 579. The monoisotopic (exact) mass is 259 g/mol. The highest BCUT2D eigenvalue weighted by molar-refractivity contribution is 5.96. The fraction of sp³-hybridized carbons (Fsp3) is 0.154. The topological polar surface area (TPSA) is 84.2 Å². The van der Waals surface area contributed by atoms with E-state index in [1.807, 2.05) is 0 Å². The first-order chi connectivity index (χ1) is 9.15. The summed E-state index contributed by atoms with van der Waals surface area (Å²) in [6.07, 6.45) is 1.44. The first-order valence-electron chi connectivity index (χ1n) is 5.70. The SMILES string of the molecule is CC(=O)c1cccc(NC(=O)NCc2ccon2)c1. The van der Waals surface area contributed by atoms with Gasteiger partial charge in [0.1, 0.15) is 12.0 Å². The largest absolute Gasteiger partial charge is 0.364 e. The third-order valence-electron chi connectivity index (χ3n) is 2.45. The van der Waals surface area contributed by atoms with Gasteiger partial charge in [-0.25, -0.2) is 4.79 Å². The van der Waals surface area contributed by atoms with Crippen LogP contribution in [-0.2, 0) is 6.54 Å². The molecule has 2 N–H and O–H groups in total. The predicted molar refractivity (Wildman–Crippen MR) is 68.8 cm³/mol. The summed E-state index contributed by atoms with van der Waals surface area (Å²) in [5.41, 5.74) is 1.74. The number of benzene rings is 1. The molecule has 2 aromatic rings. The molecule has 0 spiro atoms. The number of nitrogens with one attached hydrogen (secondary N) is 2. The highest BCUT2D eigenvalue weighted by Crippen LogP contribution is 2.10. The molecule has 0 aliphatic carbocycles. The molecule has 0 unspecified atom stereocenters. The number of urea groups is 1. The summed E-state index contributed by atoms with van der Waals surface area (Å²) in [7, 11) is 0. The van der Waals surface area contributed by atoms with Crippen molar-refractivity contribution in [2.24, 2.45) is 0 Å². The first-order valence-corrected chi connectivity index (χ1v) is 5.70. The third-order valence-corrected chi connectivity index (χ3v) is 2.45. The molecule has 0 aliphatic heterocycles. The molecule has 6 heteroatoms. The van der Waals surface area contributed by atoms with Gasteiger partial charge in [0.15, 0.2) is 5.78 Å². The predicted octanol–water partition coefficient (Wildman–Crippen LogP) is 2.20. The molecule has 1 aromatic heterocycles. The number of aromatic nitrogens is 1. The van der Waals surface area contributed by atoms with Crippen molar-refractivity contribution in [3.05, 3.63) is 47.9 Å². The van der Waals surface area contributed by atoms with Gasteiger partial charge in [-0.1, -0.05) is 17.3 Å². The van der Waals surface area contributed by atoms with E-state index in [1.54, 1.807) is 30.3 Å². The number of anilines is 1. The highest BCUT2D eigenvalue weighted by atomic mass is 16.5. The Kier molecular flexibility index (Phi) is 3.92. The number of ketones is 1. The van der Waals surface area contributed by atoms with Gasteiger partial charge >= 0.3 is 6.03 Å². The Balaban J connectivity index is 1.91. The second-order valence-electron chi connectivity index (χ2n) is 3.94. The van der Waals surface area contributed by atoms with Gasteiger partial charge in [-0.15, -0.1) is 0 Å². The van der Waals surface area contributed by atoms with Crippen LogP contribution in [0.15, 0.2) is 41.1 Å². The average molecular weight is 259 g/mol. The Morgan fingerprint density at radius 1 is 1.32 bits per heavy atom. The van der Waals surface area contributed by atoms with Crippen LogP contribution in [-0.4, -0.2) is 17.0 Å². The summed E-state index contributed by atoms with van der Waals surface area (Å²) in [6.45, 7) is 1.75. The molecule has 0 atom stereocenters. The quantitative estimate of drug-likeness (QED) is 0.824. The van der Waals surface area contributed by atoms with E-state index in [0.29, 0.717) is 16.9 Å². The summed E-state index contributed by atoms with van der Waals surface area (Å²) in [5.74, 6) is -0.0494. The van der Waals surface area contributed by atoms with Crippen LogP contribution >= 0.6 is 0 Å². The minimum Gasteiger partial charge on any atom is -0.364 e. The molecular weight excluding hydrogens is 246 g/mol. The van der Waals surface area contributed by atoms with Crippen LogP contribution in [0.3, 0.4) is 0 Å². The van der Waals surface area contributed by atoms with Crippen LogP contribution in [0.5, 0.6) is 0 Å². The zero-order chi connectivity index (χ0) is 13.7. The average Bonchev–Trinajstić information content (AvgIpc) is 2.90. The van der Waals surface area contributed by atoms with Crippen LogP contribution in [0.25, 0.3) is 0 Å². The molecule has 2 amide bonds. The number of nitrogens with zero attached hydrogens (tertiary/aromatic N) is 1. The van der Waals surface area contributed by atoms with E-state index in [1.165, 1.54) is 13.2 Å². The van der Waals surface area contributed by atoms with E-state index in [0.717, 1.165) is 0 Å². The van der Waals surface area contributed by atoms with Crippen LogP contribution in [0, 0.1) is 0 Å². The zero-order valence-electron chi connectivity index (χ0n) is 10.3. The van der Waals surface area contributed by atoms with Gasteiger partial charge in [-0.2, -0.15) is 0 Å². The van der Waals surface area contributed by atoms with Crippen molar-refractivity contribution in [2.45, 2.75) is 13.5 Å². The number of amides is 2. The summed E-state index contributed by atoms with van der Waals surface area (Å²) in [5, 5.41) is 8.93. The Labute approximate surface area is 109 Å². The molecule has 19 heavy (non-hydrogen) atoms. The van der Waals surface area contributed by atoms with Crippen molar-refractivity contribution in [1.82, 2.24) is 10.5 Å². The van der Waals surface area contributed by atoms with Gasteiger partial charge < -0.3 is 15.2 Å². The van der Waals surface area contributed by atoms with Crippen molar-refractivity contribution >= 4 is 17.5 Å². The zero-order valence-corrected chi connectivity index (χ0v) is 10.3. The lowest BCUT2D eigenvalue weighted by Gasteiger charge is -2.07. The number of rotatable bonds is 4. The molecule has 98 valence electrons. The first kappa shape index (κ1) is 12.8. The Hall–Kier alpha value is -2.63. The molecule has 0 bridgehead atoms. The van der Waals surface area contributed by atoms with Gasteiger partial charge in [0.05, 0.1) is 6.54 Å². The number of Topliss-reactive ketones (excluding diaryl/α,β-unsaturated/α-hetero) is 1. The highest BCUT2D eigenvalue weighted by Gasteiger charge is 2.05. The molecule has 0 aliphatic rings. The lowest BCUT2D eigenvalue weighted by atomic mass is 10.1. The van der Waals surface area contributed by atoms with Crippen LogP contribution in [0.2, 0.25) is 0 Å². The number of hydrogen-bond donors (Lipinski definition) is 2. The summed E-state index contributed by atoms with van der Waals surface area (Å²) in [6, 6.07) is 8.03.